The molecule has 0 amide bonds. The van der Waals surface area contributed by atoms with E-state index in [1.54, 1.807) is 0 Å². The summed E-state index contributed by atoms with van der Waals surface area (Å²) in [5.41, 5.74) is 7.90. The predicted octanol–water partition coefficient (Wildman–Crippen LogP) is 2.80. The Bertz CT molecular complexity index is 730. The molecule has 1 aromatic heterocycles. The van der Waals surface area contributed by atoms with Crippen molar-refractivity contribution in [3.8, 4) is 5.69 Å². The Morgan fingerprint density at radius 2 is 1.48 bits per heavy atom. The van der Waals surface area contributed by atoms with Gasteiger partial charge in [-0.05, 0) is 31.5 Å². The van der Waals surface area contributed by atoms with E-state index in [1.165, 1.54) is 0 Å². The van der Waals surface area contributed by atoms with Gasteiger partial charge in [-0.15, -0.1) is 10.2 Å². The molecular formula is C17H18N4. The summed E-state index contributed by atoms with van der Waals surface area (Å²) in [7, 11) is 0. The molecule has 0 radical (unpaired) electrons. The molecule has 0 saturated heterocycles. The maximum Gasteiger partial charge on any atom is 0.162 e. The second-order valence-corrected chi connectivity index (χ2v) is 5.31. The fourth-order valence-corrected chi connectivity index (χ4v) is 2.50. The number of benzene rings is 2. The molecule has 0 fully saturated rings. The molecule has 0 aliphatic heterocycles. The molecule has 3 aromatic rings. The molecule has 0 aliphatic rings. The first-order valence-corrected chi connectivity index (χ1v) is 6.93. The van der Waals surface area contributed by atoms with E-state index < -0.39 is 5.54 Å². The van der Waals surface area contributed by atoms with Crippen LogP contribution in [0.4, 0.5) is 0 Å². The highest BCUT2D eigenvalue weighted by Gasteiger charge is 2.30. The number of rotatable bonds is 3. The molecule has 1 heterocycles. The third-order valence-electron chi connectivity index (χ3n) is 3.68. The molecule has 0 bridgehead atoms. The second kappa shape index (κ2) is 5.14. The van der Waals surface area contributed by atoms with Crippen LogP contribution in [0.25, 0.3) is 5.69 Å². The smallest absolute Gasteiger partial charge is 0.162 e. The number of hydrogen-bond donors (Lipinski definition) is 1. The fourth-order valence-electron chi connectivity index (χ4n) is 2.50. The summed E-state index contributed by atoms with van der Waals surface area (Å²) in [5, 5.41) is 8.55. The maximum absolute atomic E-state index is 6.59. The molecule has 1 unspecified atom stereocenters. The van der Waals surface area contributed by atoms with Crippen molar-refractivity contribution in [1.29, 1.82) is 0 Å². The SMILES string of the molecule is Cc1nnc(C(C)(N)c2ccccc2)n1-c1ccccc1. The van der Waals surface area contributed by atoms with E-state index in [4.69, 9.17) is 5.73 Å². The minimum absolute atomic E-state index is 0.710. The molecule has 1 atom stereocenters. The zero-order valence-corrected chi connectivity index (χ0v) is 12.2. The molecule has 2 N–H and O–H groups in total. The van der Waals surface area contributed by atoms with Crippen molar-refractivity contribution in [3.63, 3.8) is 0 Å². The summed E-state index contributed by atoms with van der Waals surface area (Å²) in [6.07, 6.45) is 0. The Balaban J connectivity index is 2.17. The monoisotopic (exact) mass is 278 g/mol. The van der Waals surface area contributed by atoms with Crippen molar-refractivity contribution in [3.05, 3.63) is 77.9 Å². The van der Waals surface area contributed by atoms with Crippen LogP contribution in [0.1, 0.15) is 24.1 Å². The first-order valence-electron chi connectivity index (χ1n) is 6.93. The molecule has 2 aromatic carbocycles. The van der Waals surface area contributed by atoms with Gasteiger partial charge in [-0.3, -0.25) is 4.57 Å². The van der Waals surface area contributed by atoms with Crippen LogP contribution < -0.4 is 5.73 Å². The second-order valence-electron chi connectivity index (χ2n) is 5.31. The van der Waals surface area contributed by atoms with Gasteiger partial charge in [0.2, 0.25) is 0 Å². The van der Waals surface area contributed by atoms with Gasteiger partial charge in [0.25, 0.3) is 0 Å². The minimum Gasteiger partial charge on any atom is -0.315 e. The van der Waals surface area contributed by atoms with E-state index in [2.05, 4.69) is 10.2 Å². The van der Waals surface area contributed by atoms with E-state index in [0.29, 0.717) is 0 Å². The van der Waals surface area contributed by atoms with Crippen molar-refractivity contribution in [2.75, 3.05) is 0 Å². The maximum atomic E-state index is 6.59. The van der Waals surface area contributed by atoms with E-state index >= 15 is 0 Å². The zero-order valence-electron chi connectivity index (χ0n) is 12.2. The molecule has 4 nitrogen and oxygen atoms in total. The largest absolute Gasteiger partial charge is 0.315 e. The lowest BCUT2D eigenvalue weighted by Crippen LogP contribution is -2.37. The lowest BCUT2D eigenvalue weighted by molar-refractivity contribution is 0.544. The van der Waals surface area contributed by atoms with Gasteiger partial charge in [0.05, 0.1) is 5.54 Å². The van der Waals surface area contributed by atoms with Crippen LogP contribution in [-0.2, 0) is 5.54 Å². The fraction of sp³-hybridized carbons (Fsp3) is 0.176. The summed E-state index contributed by atoms with van der Waals surface area (Å²) < 4.78 is 2.01. The lowest BCUT2D eigenvalue weighted by atomic mass is 9.92. The standard InChI is InChI=1S/C17H18N4/c1-13-19-20-16(21(13)15-11-7-4-8-12-15)17(2,18)14-9-5-3-6-10-14/h3-12H,18H2,1-2H3. The van der Waals surface area contributed by atoms with Gasteiger partial charge in [-0.2, -0.15) is 0 Å². The normalized spacial score (nSPS) is 13.9. The van der Waals surface area contributed by atoms with Crippen LogP contribution in [0.15, 0.2) is 60.7 Å². The first kappa shape index (κ1) is 13.5. The van der Waals surface area contributed by atoms with Crippen LogP contribution in [0.5, 0.6) is 0 Å². The Labute approximate surface area is 124 Å². The van der Waals surface area contributed by atoms with Gasteiger partial charge < -0.3 is 5.73 Å². The average molecular weight is 278 g/mol. The molecule has 3 rings (SSSR count). The predicted molar refractivity (Wildman–Crippen MR) is 83.2 cm³/mol. The lowest BCUT2D eigenvalue weighted by Gasteiger charge is -2.25. The summed E-state index contributed by atoms with van der Waals surface area (Å²) in [4.78, 5) is 0. The molecule has 21 heavy (non-hydrogen) atoms. The zero-order chi connectivity index (χ0) is 14.9. The van der Waals surface area contributed by atoms with Gasteiger partial charge in [0.15, 0.2) is 5.82 Å². The summed E-state index contributed by atoms with van der Waals surface area (Å²) in [5.74, 6) is 1.56. The minimum atomic E-state index is -0.710. The number of aryl methyl sites for hydroxylation is 1. The molecule has 0 aliphatic carbocycles. The highest BCUT2D eigenvalue weighted by Crippen LogP contribution is 2.27. The van der Waals surface area contributed by atoms with Crippen molar-refractivity contribution >= 4 is 0 Å². The van der Waals surface area contributed by atoms with E-state index in [1.807, 2.05) is 79.1 Å². The Kier molecular flexibility index (Phi) is 3.31. The van der Waals surface area contributed by atoms with Gasteiger partial charge in [0, 0.05) is 5.69 Å². The highest BCUT2D eigenvalue weighted by atomic mass is 15.3. The van der Waals surface area contributed by atoms with Crippen molar-refractivity contribution in [2.24, 2.45) is 5.73 Å². The van der Waals surface area contributed by atoms with Crippen LogP contribution >= 0.6 is 0 Å². The van der Waals surface area contributed by atoms with E-state index in [-0.39, 0.29) is 0 Å². The number of nitrogens with zero attached hydrogens (tertiary/aromatic N) is 3. The number of aromatic nitrogens is 3. The van der Waals surface area contributed by atoms with Crippen molar-refractivity contribution in [1.82, 2.24) is 14.8 Å². The first-order chi connectivity index (χ1) is 10.1. The van der Waals surface area contributed by atoms with Crippen LogP contribution in [0.3, 0.4) is 0 Å². The Morgan fingerprint density at radius 3 is 2.10 bits per heavy atom. The van der Waals surface area contributed by atoms with Crippen molar-refractivity contribution < 1.29 is 0 Å². The van der Waals surface area contributed by atoms with Gasteiger partial charge >= 0.3 is 0 Å². The molecule has 106 valence electrons. The quantitative estimate of drug-likeness (QED) is 0.801. The Morgan fingerprint density at radius 1 is 0.905 bits per heavy atom. The third kappa shape index (κ3) is 2.34. The van der Waals surface area contributed by atoms with E-state index in [0.717, 1.165) is 22.9 Å². The number of para-hydroxylation sites is 1. The van der Waals surface area contributed by atoms with Crippen LogP contribution in [-0.4, -0.2) is 14.8 Å². The molecule has 0 saturated carbocycles. The number of hydrogen-bond acceptors (Lipinski definition) is 3. The summed E-state index contributed by atoms with van der Waals surface area (Å²) in [6, 6.07) is 20.0. The summed E-state index contributed by atoms with van der Waals surface area (Å²) >= 11 is 0. The van der Waals surface area contributed by atoms with Crippen molar-refractivity contribution in [2.45, 2.75) is 19.4 Å². The van der Waals surface area contributed by atoms with Gasteiger partial charge in [-0.25, -0.2) is 0 Å². The third-order valence-corrected chi connectivity index (χ3v) is 3.68. The summed E-state index contributed by atoms with van der Waals surface area (Å²) in [6.45, 7) is 3.90. The average Bonchev–Trinajstić information content (AvgIpc) is 2.91. The van der Waals surface area contributed by atoms with Crippen LogP contribution in [0, 0.1) is 6.92 Å². The Hall–Kier alpha value is -2.46. The molecule has 4 heteroatoms. The number of nitrogens with two attached hydrogens (primary N) is 1. The van der Waals surface area contributed by atoms with Gasteiger partial charge in [-0.1, -0.05) is 48.5 Å². The molecular weight excluding hydrogens is 260 g/mol. The molecule has 0 spiro atoms. The highest BCUT2D eigenvalue weighted by molar-refractivity contribution is 5.38. The van der Waals surface area contributed by atoms with Gasteiger partial charge in [0.1, 0.15) is 5.82 Å². The van der Waals surface area contributed by atoms with E-state index in [9.17, 15) is 0 Å². The van der Waals surface area contributed by atoms with Crippen LogP contribution in [0.2, 0.25) is 0 Å². The topological polar surface area (TPSA) is 56.7 Å².